The number of benzene rings is 1. The Labute approximate surface area is 162 Å². The van der Waals surface area contributed by atoms with Gasteiger partial charge < -0.3 is 10.2 Å². The van der Waals surface area contributed by atoms with Crippen LogP contribution in [-0.2, 0) is 6.42 Å². The Balaban J connectivity index is 1.70. The average Bonchev–Trinajstić information content (AvgIpc) is 2.77. The Morgan fingerprint density at radius 3 is 2.83 bits per heavy atom. The SMILES string of the molecule is C[C@]12CC[C@@H]3c4ccc(O)cc4CC[C@H]3[C@@H]1CC[C@@]2(O)/C=C(\Cl)I. The van der Waals surface area contributed by atoms with E-state index in [9.17, 15) is 10.2 Å². The average molecular weight is 459 g/mol. The van der Waals surface area contributed by atoms with Crippen molar-refractivity contribution in [3.8, 4) is 5.75 Å². The monoisotopic (exact) mass is 458 g/mol. The molecule has 0 radical (unpaired) electrons. The molecule has 0 aromatic heterocycles. The normalized spacial score (nSPS) is 41.5. The predicted molar refractivity (Wildman–Crippen MR) is 106 cm³/mol. The van der Waals surface area contributed by atoms with Gasteiger partial charge in [-0.25, -0.2) is 0 Å². The Bertz CT molecular complexity index is 699. The van der Waals surface area contributed by atoms with Gasteiger partial charge in [0.25, 0.3) is 0 Å². The Kier molecular flexibility index (Phi) is 4.21. The number of hydrogen-bond donors (Lipinski definition) is 2. The van der Waals surface area contributed by atoms with Crippen LogP contribution in [0.25, 0.3) is 0 Å². The molecule has 0 heterocycles. The van der Waals surface area contributed by atoms with E-state index in [-0.39, 0.29) is 5.41 Å². The first-order chi connectivity index (χ1) is 11.3. The zero-order valence-corrected chi connectivity index (χ0v) is 16.8. The number of aryl methyl sites for hydroxylation is 1. The molecule has 0 spiro atoms. The van der Waals surface area contributed by atoms with E-state index in [0.717, 1.165) is 32.1 Å². The van der Waals surface area contributed by atoms with Gasteiger partial charge in [-0.15, -0.1) is 0 Å². The second-order valence-corrected chi connectivity index (χ2v) is 10.4. The van der Waals surface area contributed by atoms with Crippen LogP contribution in [0.3, 0.4) is 0 Å². The quantitative estimate of drug-likeness (QED) is 0.546. The van der Waals surface area contributed by atoms with Crippen molar-refractivity contribution in [3.63, 3.8) is 0 Å². The van der Waals surface area contributed by atoms with Crippen LogP contribution in [0.15, 0.2) is 27.3 Å². The van der Waals surface area contributed by atoms with Crippen LogP contribution < -0.4 is 0 Å². The largest absolute Gasteiger partial charge is 0.508 e. The molecule has 2 N–H and O–H groups in total. The van der Waals surface area contributed by atoms with Crippen LogP contribution in [0.1, 0.15) is 56.1 Å². The number of fused-ring (bicyclic) bond motifs is 5. The molecule has 1 aromatic carbocycles. The van der Waals surface area contributed by atoms with Gasteiger partial charge in [0.2, 0.25) is 0 Å². The van der Waals surface area contributed by atoms with E-state index in [0.29, 0.717) is 26.5 Å². The summed E-state index contributed by atoms with van der Waals surface area (Å²) in [4.78, 5) is 0. The van der Waals surface area contributed by atoms with E-state index < -0.39 is 5.60 Å². The van der Waals surface area contributed by atoms with Gasteiger partial charge >= 0.3 is 0 Å². The smallest absolute Gasteiger partial charge is 0.115 e. The molecule has 0 bridgehead atoms. The van der Waals surface area contributed by atoms with Gasteiger partial charge in [-0.05, 0) is 108 Å². The van der Waals surface area contributed by atoms with Crippen LogP contribution in [0.2, 0.25) is 0 Å². The maximum atomic E-state index is 11.3. The summed E-state index contributed by atoms with van der Waals surface area (Å²) < 4.78 is 0.670. The molecule has 0 saturated heterocycles. The number of rotatable bonds is 1. The molecule has 0 aliphatic heterocycles. The summed E-state index contributed by atoms with van der Waals surface area (Å²) in [6.45, 7) is 2.28. The molecule has 2 saturated carbocycles. The third-order valence-corrected chi connectivity index (χ3v) is 7.69. The molecule has 3 aliphatic rings. The highest BCUT2D eigenvalue weighted by Gasteiger charge is 2.60. The minimum Gasteiger partial charge on any atom is -0.508 e. The van der Waals surface area contributed by atoms with Crippen LogP contribution >= 0.6 is 34.2 Å². The summed E-state index contributed by atoms with van der Waals surface area (Å²) in [5, 5.41) is 21.1. The topological polar surface area (TPSA) is 40.5 Å². The highest BCUT2D eigenvalue weighted by molar-refractivity contribution is 14.1. The maximum Gasteiger partial charge on any atom is 0.115 e. The first-order valence-corrected chi connectivity index (χ1v) is 10.4. The molecule has 3 aliphatic carbocycles. The molecule has 2 nitrogen and oxygen atoms in total. The number of phenolic OH excluding ortho intramolecular Hbond substituents is 1. The first-order valence-electron chi connectivity index (χ1n) is 8.92. The summed E-state index contributed by atoms with van der Waals surface area (Å²) in [7, 11) is 0. The molecule has 130 valence electrons. The fraction of sp³-hybridized carbons (Fsp3) is 0.600. The summed E-state index contributed by atoms with van der Waals surface area (Å²) >= 11 is 8.22. The fourth-order valence-corrected chi connectivity index (χ4v) is 6.73. The summed E-state index contributed by atoms with van der Waals surface area (Å²) in [6, 6.07) is 5.91. The van der Waals surface area contributed by atoms with E-state index in [4.69, 9.17) is 11.6 Å². The second-order valence-electron chi connectivity index (χ2n) is 8.15. The Morgan fingerprint density at radius 1 is 1.29 bits per heavy atom. The molecule has 4 rings (SSSR count). The van der Waals surface area contributed by atoms with E-state index in [2.05, 4.69) is 35.6 Å². The van der Waals surface area contributed by atoms with Crippen LogP contribution in [0, 0.1) is 17.3 Å². The second kappa shape index (κ2) is 5.88. The van der Waals surface area contributed by atoms with Gasteiger partial charge in [-0.1, -0.05) is 24.6 Å². The van der Waals surface area contributed by atoms with Crippen molar-refractivity contribution < 1.29 is 10.2 Å². The number of hydrogen-bond acceptors (Lipinski definition) is 2. The maximum absolute atomic E-state index is 11.3. The molecule has 1 aromatic rings. The molecule has 0 unspecified atom stereocenters. The number of aromatic hydroxyl groups is 1. The van der Waals surface area contributed by atoms with Crippen molar-refractivity contribution >= 4 is 34.2 Å². The third kappa shape index (κ3) is 2.45. The zero-order valence-electron chi connectivity index (χ0n) is 13.9. The third-order valence-electron chi connectivity index (χ3n) is 7.27. The standard InChI is InChI=1S/C20H24ClIO2/c1-19-8-6-15-14-5-3-13(23)10-12(14)2-4-16(15)17(19)7-9-20(19,24)11-18(21)22/h3,5,10-11,15-17,23-24H,2,4,6-9H2,1H3/b18-11+/t15-,16-,17+,19+,20-/m1/s1. The van der Waals surface area contributed by atoms with Gasteiger partial charge in [0.15, 0.2) is 0 Å². The van der Waals surface area contributed by atoms with E-state index in [1.165, 1.54) is 17.5 Å². The minimum atomic E-state index is -0.768. The van der Waals surface area contributed by atoms with Gasteiger partial charge in [0.05, 0.1) is 8.64 Å². The highest BCUT2D eigenvalue weighted by Crippen LogP contribution is 2.64. The first kappa shape index (κ1) is 17.2. The Morgan fingerprint density at radius 2 is 2.08 bits per heavy atom. The minimum absolute atomic E-state index is 0.0755. The van der Waals surface area contributed by atoms with Crippen molar-refractivity contribution in [2.24, 2.45) is 17.3 Å². The van der Waals surface area contributed by atoms with Crippen LogP contribution in [0.4, 0.5) is 0 Å². The van der Waals surface area contributed by atoms with Crippen molar-refractivity contribution in [1.29, 1.82) is 0 Å². The number of aliphatic hydroxyl groups is 1. The number of phenols is 1. The summed E-state index contributed by atoms with van der Waals surface area (Å²) in [5.41, 5.74) is 1.91. The lowest BCUT2D eigenvalue weighted by Crippen LogP contribution is -2.49. The summed E-state index contributed by atoms with van der Waals surface area (Å²) in [5.74, 6) is 2.14. The molecule has 4 heteroatoms. The number of halogens is 2. The van der Waals surface area contributed by atoms with Crippen molar-refractivity contribution in [2.75, 3.05) is 0 Å². The predicted octanol–water partition coefficient (Wildman–Crippen LogP) is 5.49. The molecule has 0 amide bonds. The lowest BCUT2D eigenvalue weighted by atomic mass is 9.53. The zero-order chi connectivity index (χ0) is 17.1. The lowest BCUT2D eigenvalue weighted by Gasteiger charge is -2.52. The highest BCUT2D eigenvalue weighted by atomic mass is 127. The lowest BCUT2D eigenvalue weighted by molar-refractivity contribution is -0.0709. The summed E-state index contributed by atoms with van der Waals surface area (Å²) in [6.07, 6.45) is 8.15. The van der Waals surface area contributed by atoms with Gasteiger partial charge in [-0.3, -0.25) is 0 Å². The van der Waals surface area contributed by atoms with Gasteiger partial charge in [0.1, 0.15) is 5.75 Å². The van der Waals surface area contributed by atoms with Crippen molar-refractivity contribution in [3.05, 3.63) is 38.4 Å². The molecular formula is C20H24ClIO2. The van der Waals surface area contributed by atoms with Crippen molar-refractivity contribution in [1.82, 2.24) is 0 Å². The van der Waals surface area contributed by atoms with Gasteiger partial charge in [-0.2, -0.15) is 0 Å². The molecule has 2 fully saturated rings. The van der Waals surface area contributed by atoms with Crippen molar-refractivity contribution in [2.45, 2.75) is 57.0 Å². The van der Waals surface area contributed by atoms with Gasteiger partial charge in [0, 0.05) is 5.41 Å². The van der Waals surface area contributed by atoms with Crippen LogP contribution in [0.5, 0.6) is 5.75 Å². The van der Waals surface area contributed by atoms with E-state index >= 15 is 0 Å². The molecule has 24 heavy (non-hydrogen) atoms. The molecular weight excluding hydrogens is 435 g/mol. The Hall–Kier alpha value is -0.260. The van der Waals surface area contributed by atoms with Crippen LogP contribution in [-0.4, -0.2) is 15.8 Å². The van der Waals surface area contributed by atoms with E-state index in [1.54, 1.807) is 0 Å². The van der Waals surface area contributed by atoms with E-state index in [1.807, 2.05) is 18.2 Å². The molecule has 5 atom stereocenters. The fourth-order valence-electron chi connectivity index (χ4n) is 6.04.